The molecule has 1 aromatic heterocycles. The van der Waals surface area contributed by atoms with Crippen LogP contribution in [0.1, 0.15) is 5.56 Å². The quantitative estimate of drug-likeness (QED) is 0.363. The Morgan fingerprint density at radius 1 is 1.22 bits per heavy atom. The van der Waals surface area contributed by atoms with Crippen LogP contribution in [0, 0.1) is 10.1 Å². The number of halogens is 1. The molecule has 0 aliphatic heterocycles. The van der Waals surface area contributed by atoms with Crippen molar-refractivity contribution in [3.8, 4) is 11.5 Å². The third-order valence-corrected chi connectivity index (χ3v) is 4.51. The lowest BCUT2D eigenvalue weighted by Crippen LogP contribution is -2.24. The fourth-order valence-corrected chi connectivity index (χ4v) is 2.84. The number of amides is 1. The number of nitrogens with one attached hydrogen (secondary N) is 1. The summed E-state index contributed by atoms with van der Waals surface area (Å²) in [5, 5.41) is 22.2. The molecule has 8 nitrogen and oxygen atoms in total. The molecule has 1 N–H and O–H groups in total. The summed E-state index contributed by atoms with van der Waals surface area (Å²) in [5.74, 6) is 0.0669. The monoisotopic (exact) mass is 404 g/mol. The molecule has 138 valence electrons. The van der Waals surface area contributed by atoms with Gasteiger partial charge in [-0.25, -0.2) is 0 Å². The molecule has 0 fully saturated rings. The molecule has 0 radical (unpaired) electrons. The number of rotatable bonds is 7. The van der Waals surface area contributed by atoms with Crippen LogP contribution in [0.5, 0.6) is 0 Å². The third-order valence-electron chi connectivity index (χ3n) is 3.44. The molecule has 0 aliphatic rings. The van der Waals surface area contributed by atoms with Crippen LogP contribution in [0.3, 0.4) is 0 Å². The van der Waals surface area contributed by atoms with Crippen LogP contribution in [0.4, 0.5) is 5.69 Å². The van der Waals surface area contributed by atoms with E-state index in [0.717, 1.165) is 17.3 Å². The number of nitro groups is 1. The second-order valence-corrected chi connectivity index (χ2v) is 6.74. The predicted octanol–water partition coefficient (Wildman–Crippen LogP) is 3.71. The fraction of sp³-hybridized carbons (Fsp3) is 0.118. The molecule has 1 amide bonds. The summed E-state index contributed by atoms with van der Waals surface area (Å²) in [7, 11) is 0. The van der Waals surface area contributed by atoms with Crippen molar-refractivity contribution in [3.05, 3.63) is 69.2 Å². The maximum atomic E-state index is 11.9. The third kappa shape index (κ3) is 5.28. The summed E-state index contributed by atoms with van der Waals surface area (Å²) in [4.78, 5) is 22.3. The maximum Gasteiger partial charge on any atom is 0.277 e. The van der Waals surface area contributed by atoms with E-state index in [1.807, 2.05) is 12.1 Å². The molecule has 0 saturated heterocycles. The SMILES string of the molecule is O=C(CSc1nnc(-c2cccc([N+](=O)[O-])c2)o1)NCc1ccc(Cl)cc1. The molecule has 2 aromatic carbocycles. The van der Waals surface area contributed by atoms with Crippen molar-refractivity contribution in [1.82, 2.24) is 15.5 Å². The minimum atomic E-state index is -0.499. The van der Waals surface area contributed by atoms with Gasteiger partial charge in [-0.15, -0.1) is 10.2 Å². The number of thioether (sulfide) groups is 1. The van der Waals surface area contributed by atoms with Gasteiger partial charge in [-0.3, -0.25) is 14.9 Å². The van der Waals surface area contributed by atoms with Crippen molar-refractivity contribution in [2.45, 2.75) is 11.8 Å². The number of hydrogen-bond acceptors (Lipinski definition) is 7. The zero-order valence-corrected chi connectivity index (χ0v) is 15.4. The molecular weight excluding hydrogens is 392 g/mol. The van der Waals surface area contributed by atoms with E-state index >= 15 is 0 Å². The van der Waals surface area contributed by atoms with Gasteiger partial charge in [0.1, 0.15) is 0 Å². The highest BCUT2D eigenvalue weighted by atomic mass is 35.5. The average molecular weight is 405 g/mol. The van der Waals surface area contributed by atoms with E-state index in [9.17, 15) is 14.9 Å². The van der Waals surface area contributed by atoms with E-state index in [0.29, 0.717) is 17.1 Å². The van der Waals surface area contributed by atoms with Gasteiger partial charge < -0.3 is 9.73 Å². The summed E-state index contributed by atoms with van der Waals surface area (Å²) in [6.07, 6.45) is 0. The van der Waals surface area contributed by atoms with Crippen LogP contribution in [0.2, 0.25) is 5.02 Å². The topological polar surface area (TPSA) is 111 Å². The Morgan fingerprint density at radius 2 is 2.00 bits per heavy atom. The normalized spacial score (nSPS) is 10.6. The van der Waals surface area contributed by atoms with Crippen molar-refractivity contribution >= 4 is 35.0 Å². The Hall–Kier alpha value is -2.91. The van der Waals surface area contributed by atoms with Crippen LogP contribution in [0.25, 0.3) is 11.5 Å². The summed E-state index contributed by atoms with van der Waals surface area (Å²) >= 11 is 6.90. The number of nitro benzene ring substituents is 1. The maximum absolute atomic E-state index is 11.9. The Morgan fingerprint density at radius 3 is 2.74 bits per heavy atom. The first kappa shape index (κ1) is 18.9. The van der Waals surface area contributed by atoms with Crippen molar-refractivity contribution in [1.29, 1.82) is 0 Å². The molecule has 10 heteroatoms. The van der Waals surface area contributed by atoms with Gasteiger partial charge in [0.2, 0.25) is 11.8 Å². The highest BCUT2D eigenvalue weighted by Crippen LogP contribution is 2.25. The molecule has 0 spiro atoms. The van der Waals surface area contributed by atoms with Crippen LogP contribution in [-0.2, 0) is 11.3 Å². The van der Waals surface area contributed by atoms with Gasteiger partial charge >= 0.3 is 0 Å². The number of benzene rings is 2. The van der Waals surface area contributed by atoms with E-state index in [2.05, 4.69) is 15.5 Å². The summed E-state index contributed by atoms with van der Waals surface area (Å²) in [6, 6.07) is 13.1. The highest BCUT2D eigenvalue weighted by Gasteiger charge is 2.14. The van der Waals surface area contributed by atoms with Gasteiger partial charge in [-0.1, -0.05) is 41.6 Å². The zero-order valence-electron chi connectivity index (χ0n) is 13.8. The second-order valence-electron chi connectivity index (χ2n) is 5.37. The van der Waals surface area contributed by atoms with Crippen LogP contribution >= 0.6 is 23.4 Å². The van der Waals surface area contributed by atoms with Gasteiger partial charge in [0, 0.05) is 29.3 Å². The van der Waals surface area contributed by atoms with Crippen molar-refractivity contribution in [2.75, 3.05) is 5.75 Å². The zero-order chi connectivity index (χ0) is 19.2. The summed E-state index contributed by atoms with van der Waals surface area (Å²) in [6.45, 7) is 0.388. The van der Waals surface area contributed by atoms with Crippen molar-refractivity contribution in [2.24, 2.45) is 0 Å². The molecule has 0 bridgehead atoms. The number of carbonyl (C=O) groups is 1. The van der Waals surface area contributed by atoms with E-state index in [-0.39, 0.29) is 28.5 Å². The Balaban J connectivity index is 1.53. The lowest BCUT2D eigenvalue weighted by molar-refractivity contribution is -0.384. The number of hydrogen-bond donors (Lipinski definition) is 1. The highest BCUT2D eigenvalue weighted by molar-refractivity contribution is 7.99. The minimum absolute atomic E-state index is 0.0681. The van der Waals surface area contributed by atoms with Crippen molar-refractivity contribution < 1.29 is 14.1 Å². The Bertz CT molecular complexity index is 962. The van der Waals surface area contributed by atoms with E-state index in [1.165, 1.54) is 18.2 Å². The lowest BCUT2D eigenvalue weighted by Gasteiger charge is -2.04. The van der Waals surface area contributed by atoms with Crippen LogP contribution in [-0.4, -0.2) is 26.8 Å². The van der Waals surface area contributed by atoms with Gasteiger partial charge in [0.05, 0.1) is 10.7 Å². The standard InChI is InChI=1S/C17H13ClN4O4S/c18-13-6-4-11(5-7-13)9-19-15(23)10-27-17-21-20-16(26-17)12-2-1-3-14(8-12)22(24)25/h1-8H,9-10H2,(H,19,23). The molecule has 3 aromatic rings. The molecular formula is C17H13ClN4O4S. The van der Waals surface area contributed by atoms with Gasteiger partial charge in [-0.05, 0) is 23.8 Å². The fourth-order valence-electron chi connectivity index (χ4n) is 2.12. The molecule has 0 unspecified atom stereocenters. The molecule has 27 heavy (non-hydrogen) atoms. The molecule has 3 rings (SSSR count). The first-order valence-corrected chi connectivity index (χ1v) is 9.10. The van der Waals surface area contributed by atoms with Gasteiger partial charge in [0.25, 0.3) is 10.9 Å². The molecule has 0 saturated carbocycles. The smallest absolute Gasteiger partial charge is 0.277 e. The molecule has 1 heterocycles. The van der Waals surface area contributed by atoms with Crippen LogP contribution in [0.15, 0.2) is 58.2 Å². The Labute approximate surface area is 163 Å². The van der Waals surface area contributed by atoms with Crippen molar-refractivity contribution in [3.63, 3.8) is 0 Å². The first-order chi connectivity index (χ1) is 13.0. The lowest BCUT2D eigenvalue weighted by atomic mass is 10.2. The van der Waals surface area contributed by atoms with Gasteiger partial charge in [-0.2, -0.15) is 0 Å². The average Bonchev–Trinajstić information content (AvgIpc) is 3.15. The largest absolute Gasteiger partial charge is 0.411 e. The number of nitrogens with zero attached hydrogens (tertiary/aromatic N) is 3. The Kier molecular flexibility index (Phi) is 6.05. The van der Waals surface area contributed by atoms with Gasteiger partial charge in [0.15, 0.2) is 0 Å². The molecule has 0 atom stereocenters. The second kappa shape index (κ2) is 8.65. The first-order valence-electron chi connectivity index (χ1n) is 7.73. The number of carbonyl (C=O) groups excluding carboxylic acids is 1. The van der Waals surface area contributed by atoms with Crippen LogP contribution < -0.4 is 5.32 Å². The van der Waals surface area contributed by atoms with E-state index < -0.39 is 4.92 Å². The van der Waals surface area contributed by atoms with E-state index in [1.54, 1.807) is 18.2 Å². The summed E-state index contributed by atoms with van der Waals surface area (Å²) < 4.78 is 5.45. The number of aromatic nitrogens is 2. The van der Waals surface area contributed by atoms with E-state index in [4.69, 9.17) is 16.0 Å². The predicted molar refractivity (Wildman–Crippen MR) is 100 cm³/mol. The summed E-state index contributed by atoms with van der Waals surface area (Å²) in [5.41, 5.74) is 1.31. The minimum Gasteiger partial charge on any atom is -0.411 e. The number of non-ortho nitro benzene ring substituents is 1. The molecule has 0 aliphatic carbocycles.